The minimum atomic E-state index is -3.19. The molecule has 0 saturated heterocycles. The molecular formula is C12H12O3S. The van der Waals surface area contributed by atoms with Gasteiger partial charge >= 0.3 is 0 Å². The van der Waals surface area contributed by atoms with Crippen LogP contribution in [0.2, 0.25) is 0 Å². The molecular weight excluding hydrogens is 224 g/mol. The fourth-order valence-corrected chi connectivity index (χ4v) is 2.59. The summed E-state index contributed by atoms with van der Waals surface area (Å²) in [6.07, 6.45) is 1.21. The van der Waals surface area contributed by atoms with Crippen molar-refractivity contribution in [1.29, 1.82) is 0 Å². The van der Waals surface area contributed by atoms with E-state index in [0.29, 0.717) is 4.90 Å². The van der Waals surface area contributed by atoms with Crippen LogP contribution in [0.25, 0.3) is 10.8 Å². The molecule has 0 atom stereocenters. The Morgan fingerprint density at radius 3 is 2.50 bits per heavy atom. The molecule has 0 saturated carbocycles. The third kappa shape index (κ3) is 1.88. The van der Waals surface area contributed by atoms with E-state index in [1.807, 2.05) is 12.1 Å². The molecule has 2 rings (SSSR count). The molecule has 0 aromatic heterocycles. The van der Waals surface area contributed by atoms with Gasteiger partial charge < -0.3 is 4.74 Å². The normalized spacial score (nSPS) is 11.6. The Morgan fingerprint density at radius 1 is 1.12 bits per heavy atom. The Balaban J connectivity index is 2.80. The Bertz CT molecular complexity index is 630. The van der Waals surface area contributed by atoms with Crippen molar-refractivity contribution in [2.24, 2.45) is 0 Å². The minimum absolute atomic E-state index is 0.354. The lowest BCUT2D eigenvalue weighted by Crippen LogP contribution is -1.97. The quantitative estimate of drug-likeness (QED) is 0.803. The molecule has 0 bridgehead atoms. The minimum Gasteiger partial charge on any atom is -0.497 e. The van der Waals surface area contributed by atoms with Crippen molar-refractivity contribution in [2.75, 3.05) is 13.4 Å². The molecule has 3 nitrogen and oxygen atoms in total. The average molecular weight is 236 g/mol. The lowest BCUT2D eigenvalue weighted by Gasteiger charge is -2.06. The fourth-order valence-electron chi connectivity index (χ4n) is 1.68. The second kappa shape index (κ2) is 3.79. The van der Waals surface area contributed by atoms with Crippen molar-refractivity contribution in [2.45, 2.75) is 4.90 Å². The average Bonchev–Trinajstić information content (AvgIpc) is 2.26. The van der Waals surface area contributed by atoms with Crippen LogP contribution >= 0.6 is 0 Å². The molecule has 84 valence electrons. The third-order valence-corrected chi connectivity index (χ3v) is 3.60. The number of hydrogen-bond acceptors (Lipinski definition) is 3. The largest absolute Gasteiger partial charge is 0.497 e. The summed E-state index contributed by atoms with van der Waals surface area (Å²) < 4.78 is 28.2. The van der Waals surface area contributed by atoms with Crippen LogP contribution in [0.1, 0.15) is 0 Å². The standard InChI is InChI=1S/C12H12O3S/c1-15-10-6-7-11-9(8-10)4-3-5-12(11)16(2,13)14/h3-8H,1-2H3. The molecule has 0 fully saturated rings. The maximum atomic E-state index is 11.6. The summed E-state index contributed by atoms with van der Waals surface area (Å²) >= 11 is 0. The van der Waals surface area contributed by atoms with Gasteiger partial charge in [-0.3, -0.25) is 0 Å². The smallest absolute Gasteiger partial charge is 0.176 e. The van der Waals surface area contributed by atoms with Crippen LogP contribution in [0, 0.1) is 0 Å². The van der Waals surface area contributed by atoms with Crippen molar-refractivity contribution in [1.82, 2.24) is 0 Å². The van der Waals surface area contributed by atoms with Crippen molar-refractivity contribution in [3.63, 3.8) is 0 Å². The van der Waals surface area contributed by atoms with E-state index >= 15 is 0 Å². The van der Waals surface area contributed by atoms with E-state index in [4.69, 9.17) is 4.74 Å². The van der Waals surface area contributed by atoms with Gasteiger partial charge in [-0.15, -0.1) is 0 Å². The van der Waals surface area contributed by atoms with Gasteiger partial charge in [0.05, 0.1) is 12.0 Å². The predicted octanol–water partition coefficient (Wildman–Crippen LogP) is 2.25. The highest BCUT2D eigenvalue weighted by atomic mass is 32.2. The van der Waals surface area contributed by atoms with E-state index in [1.165, 1.54) is 6.26 Å². The Hall–Kier alpha value is -1.55. The molecule has 2 aromatic carbocycles. The number of sulfone groups is 1. The van der Waals surface area contributed by atoms with Gasteiger partial charge in [0.25, 0.3) is 0 Å². The molecule has 0 radical (unpaired) electrons. The number of methoxy groups -OCH3 is 1. The summed E-state index contributed by atoms with van der Waals surface area (Å²) in [7, 11) is -1.60. The maximum absolute atomic E-state index is 11.6. The van der Waals surface area contributed by atoms with Crippen molar-refractivity contribution < 1.29 is 13.2 Å². The molecule has 0 aliphatic heterocycles. The van der Waals surface area contributed by atoms with Crippen LogP contribution in [0.5, 0.6) is 5.75 Å². The molecule has 0 N–H and O–H groups in total. The zero-order valence-electron chi connectivity index (χ0n) is 9.10. The summed E-state index contributed by atoms with van der Waals surface area (Å²) in [5.74, 6) is 0.721. The highest BCUT2D eigenvalue weighted by Gasteiger charge is 2.11. The fraction of sp³-hybridized carbons (Fsp3) is 0.167. The monoisotopic (exact) mass is 236 g/mol. The van der Waals surface area contributed by atoms with Crippen LogP contribution in [0.4, 0.5) is 0 Å². The van der Waals surface area contributed by atoms with Gasteiger partial charge in [0.2, 0.25) is 0 Å². The highest BCUT2D eigenvalue weighted by molar-refractivity contribution is 7.91. The van der Waals surface area contributed by atoms with E-state index in [1.54, 1.807) is 31.4 Å². The van der Waals surface area contributed by atoms with Gasteiger partial charge in [0.1, 0.15) is 5.75 Å². The second-order valence-corrected chi connectivity index (χ2v) is 5.60. The number of ether oxygens (including phenoxy) is 1. The molecule has 0 amide bonds. The van der Waals surface area contributed by atoms with Gasteiger partial charge in [0.15, 0.2) is 9.84 Å². The van der Waals surface area contributed by atoms with Crippen LogP contribution in [-0.4, -0.2) is 21.8 Å². The molecule has 2 aromatic rings. The first-order valence-electron chi connectivity index (χ1n) is 4.79. The van der Waals surface area contributed by atoms with Crippen molar-refractivity contribution in [3.8, 4) is 5.75 Å². The van der Waals surface area contributed by atoms with E-state index in [-0.39, 0.29) is 0 Å². The topological polar surface area (TPSA) is 43.4 Å². The van der Waals surface area contributed by atoms with E-state index < -0.39 is 9.84 Å². The zero-order valence-corrected chi connectivity index (χ0v) is 9.91. The first-order chi connectivity index (χ1) is 7.52. The molecule has 0 aliphatic rings. The van der Waals surface area contributed by atoms with Crippen LogP contribution in [0.15, 0.2) is 41.3 Å². The predicted molar refractivity (Wildman–Crippen MR) is 63.6 cm³/mol. The first kappa shape index (κ1) is 11.0. The lowest BCUT2D eigenvalue weighted by atomic mass is 10.1. The van der Waals surface area contributed by atoms with E-state index in [2.05, 4.69) is 0 Å². The summed E-state index contributed by atoms with van der Waals surface area (Å²) in [5.41, 5.74) is 0. The zero-order chi connectivity index (χ0) is 11.8. The molecule has 4 heteroatoms. The third-order valence-electron chi connectivity index (χ3n) is 2.45. The van der Waals surface area contributed by atoms with Gasteiger partial charge in [-0.1, -0.05) is 12.1 Å². The SMILES string of the molecule is COc1ccc2c(S(C)(=O)=O)cccc2c1. The number of fused-ring (bicyclic) bond motifs is 1. The van der Waals surface area contributed by atoms with Gasteiger partial charge in [-0.05, 0) is 29.7 Å². The van der Waals surface area contributed by atoms with Crippen LogP contribution < -0.4 is 4.74 Å². The van der Waals surface area contributed by atoms with Crippen molar-refractivity contribution >= 4 is 20.6 Å². The van der Waals surface area contributed by atoms with E-state index in [0.717, 1.165) is 16.5 Å². The molecule has 0 spiro atoms. The number of hydrogen-bond donors (Lipinski definition) is 0. The molecule has 16 heavy (non-hydrogen) atoms. The van der Waals surface area contributed by atoms with Crippen LogP contribution in [0.3, 0.4) is 0 Å². The van der Waals surface area contributed by atoms with Gasteiger partial charge in [0, 0.05) is 11.6 Å². The first-order valence-corrected chi connectivity index (χ1v) is 6.68. The Labute approximate surface area is 94.6 Å². The summed E-state index contributed by atoms with van der Waals surface area (Å²) in [6, 6.07) is 10.6. The maximum Gasteiger partial charge on any atom is 0.176 e. The Morgan fingerprint density at radius 2 is 1.88 bits per heavy atom. The second-order valence-electron chi connectivity index (χ2n) is 3.62. The number of benzene rings is 2. The molecule has 0 heterocycles. The Kier molecular flexibility index (Phi) is 2.59. The number of rotatable bonds is 2. The molecule has 0 aliphatic carbocycles. The van der Waals surface area contributed by atoms with Crippen LogP contribution in [-0.2, 0) is 9.84 Å². The summed E-state index contributed by atoms with van der Waals surface area (Å²) in [6.45, 7) is 0. The lowest BCUT2D eigenvalue weighted by molar-refractivity contribution is 0.415. The van der Waals surface area contributed by atoms with Gasteiger partial charge in [-0.25, -0.2) is 8.42 Å². The molecule has 0 unspecified atom stereocenters. The summed E-state index contributed by atoms with van der Waals surface area (Å²) in [4.78, 5) is 0.354. The highest BCUT2D eigenvalue weighted by Crippen LogP contribution is 2.26. The van der Waals surface area contributed by atoms with Crippen molar-refractivity contribution in [3.05, 3.63) is 36.4 Å². The van der Waals surface area contributed by atoms with Gasteiger partial charge in [-0.2, -0.15) is 0 Å². The summed E-state index contributed by atoms with van der Waals surface area (Å²) in [5, 5.41) is 1.59. The van der Waals surface area contributed by atoms with E-state index in [9.17, 15) is 8.42 Å².